The van der Waals surface area contributed by atoms with Crippen molar-refractivity contribution in [2.75, 3.05) is 5.75 Å². The van der Waals surface area contributed by atoms with Gasteiger partial charge in [-0.2, -0.15) is 0 Å². The average Bonchev–Trinajstić information content (AvgIpc) is 2.70. The molecule has 0 unspecified atom stereocenters. The zero-order valence-corrected chi connectivity index (χ0v) is 16.7. The SMILES string of the molecule is C[C@H](CCc1ccccc1)NC(=O)[C@@H]1CS[C@@H](Cc2ccccc2F)C(=O)N1. The fourth-order valence-electron chi connectivity index (χ4n) is 3.19. The second kappa shape index (κ2) is 9.73. The lowest BCUT2D eigenvalue weighted by Gasteiger charge is -2.29. The molecule has 28 heavy (non-hydrogen) atoms. The predicted octanol–water partition coefficient (Wildman–Crippen LogP) is 3.11. The van der Waals surface area contributed by atoms with E-state index in [1.54, 1.807) is 18.2 Å². The Hall–Kier alpha value is -2.34. The largest absolute Gasteiger partial charge is 0.352 e. The van der Waals surface area contributed by atoms with Crippen LogP contribution in [-0.4, -0.2) is 34.9 Å². The lowest BCUT2D eigenvalue weighted by Crippen LogP contribution is -2.55. The van der Waals surface area contributed by atoms with Crippen molar-refractivity contribution in [2.45, 2.75) is 43.5 Å². The molecule has 1 aliphatic heterocycles. The molecule has 2 N–H and O–H groups in total. The van der Waals surface area contributed by atoms with Crippen LogP contribution in [0.5, 0.6) is 0 Å². The molecular weight excluding hydrogens is 375 g/mol. The van der Waals surface area contributed by atoms with Crippen LogP contribution < -0.4 is 10.6 Å². The minimum absolute atomic E-state index is 0.0192. The molecule has 0 radical (unpaired) electrons. The summed E-state index contributed by atoms with van der Waals surface area (Å²) in [4.78, 5) is 24.9. The molecule has 1 aliphatic rings. The number of halogens is 1. The van der Waals surface area contributed by atoms with E-state index in [-0.39, 0.29) is 28.9 Å². The zero-order valence-electron chi connectivity index (χ0n) is 15.9. The summed E-state index contributed by atoms with van der Waals surface area (Å²) in [6.45, 7) is 1.97. The van der Waals surface area contributed by atoms with Gasteiger partial charge in [-0.1, -0.05) is 48.5 Å². The maximum absolute atomic E-state index is 13.8. The Morgan fingerprint density at radius 3 is 2.64 bits per heavy atom. The zero-order chi connectivity index (χ0) is 19.9. The molecule has 0 aliphatic carbocycles. The Kier molecular flexibility index (Phi) is 7.09. The quantitative estimate of drug-likeness (QED) is 0.751. The van der Waals surface area contributed by atoms with Crippen molar-refractivity contribution in [2.24, 2.45) is 0 Å². The first kappa shape index (κ1) is 20.4. The van der Waals surface area contributed by atoms with Crippen LogP contribution in [0.4, 0.5) is 4.39 Å². The van der Waals surface area contributed by atoms with Crippen LogP contribution in [0.1, 0.15) is 24.5 Å². The van der Waals surface area contributed by atoms with E-state index < -0.39 is 6.04 Å². The second-order valence-electron chi connectivity index (χ2n) is 7.11. The highest BCUT2D eigenvalue weighted by Gasteiger charge is 2.33. The molecule has 1 fully saturated rings. The number of nitrogens with one attached hydrogen (secondary N) is 2. The first-order chi connectivity index (χ1) is 13.5. The third kappa shape index (κ3) is 5.58. The van der Waals surface area contributed by atoms with Crippen molar-refractivity contribution < 1.29 is 14.0 Å². The summed E-state index contributed by atoms with van der Waals surface area (Å²) in [5.74, 6) is -0.187. The minimum Gasteiger partial charge on any atom is -0.352 e. The summed E-state index contributed by atoms with van der Waals surface area (Å²) in [7, 11) is 0. The van der Waals surface area contributed by atoms with Crippen molar-refractivity contribution in [1.82, 2.24) is 10.6 Å². The van der Waals surface area contributed by atoms with Crippen LogP contribution in [0.3, 0.4) is 0 Å². The molecule has 1 heterocycles. The van der Waals surface area contributed by atoms with Crippen molar-refractivity contribution in [3.63, 3.8) is 0 Å². The predicted molar refractivity (Wildman–Crippen MR) is 111 cm³/mol. The van der Waals surface area contributed by atoms with Crippen LogP contribution >= 0.6 is 11.8 Å². The standard InChI is InChI=1S/C22H25FN2O2S/c1-15(11-12-16-7-3-2-4-8-16)24-21(26)19-14-28-20(22(27)25-19)13-17-9-5-6-10-18(17)23/h2-10,15,19-20H,11-14H2,1H3,(H,24,26)(H,25,27)/t15-,19+,20+/m1/s1. The van der Waals surface area contributed by atoms with Crippen LogP contribution in [0.25, 0.3) is 0 Å². The summed E-state index contributed by atoms with van der Waals surface area (Å²) in [6, 6.07) is 16.1. The van der Waals surface area contributed by atoms with Gasteiger partial charge in [0, 0.05) is 11.8 Å². The number of hydrogen-bond donors (Lipinski definition) is 2. The highest BCUT2D eigenvalue weighted by atomic mass is 32.2. The van der Waals surface area contributed by atoms with Gasteiger partial charge in [0.15, 0.2) is 0 Å². The van der Waals surface area contributed by atoms with Gasteiger partial charge in [-0.05, 0) is 43.4 Å². The monoisotopic (exact) mass is 400 g/mol. The number of thioether (sulfide) groups is 1. The molecule has 0 spiro atoms. The molecule has 0 saturated carbocycles. The van der Waals surface area contributed by atoms with Gasteiger partial charge in [-0.15, -0.1) is 11.8 Å². The smallest absolute Gasteiger partial charge is 0.243 e. The molecule has 3 atom stereocenters. The fraction of sp³-hybridized carbons (Fsp3) is 0.364. The Bertz CT molecular complexity index is 815. The number of aryl methyl sites for hydroxylation is 1. The number of benzene rings is 2. The average molecular weight is 401 g/mol. The molecule has 148 valence electrons. The van der Waals surface area contributed by atoms with E-state index in [4.69, 9.17) is 0 Å². The van der Waals surface area contributed by atoms with E-state index >= 15 is 0 Å². The van der Waals surface area contributed by atoms with Gasteiger partial charge in [-0.25, -0.2) is 4.39 Å². The van der Waals surface area contributed by atoms with Crippen LogP contribution in [-0.2, 0) is 22.4 Å². The molecule has 6 heteroatoms. The van der Waals surface area contributed by atoms with Gasteiger partial charge in [0.25, 0.3) is 0 Å². The third-order valence-corrected chi connectivity index (χ3v) is 6.16. The summed E-state index contributed by atoms with van der Waals surface area (Å²) >= 11 is 1.41. The van der Waals surface area contributed by atoms with Crippen molar-refractivity contribution >= 4 is 23.6 Å². The van der Waals surface area contributed by atoms with Gasteiger partial charge in [-0.3, -0.25) is 9.59 Å². The second-order valence-corrected chi connectivity index (χ2v) is 8.35. The molecule has 0 aromatic heterocycles. The molecule has 0 bridgehead atoms. The van der Waals surface area contributed by atoms with Crippen molar-refractivity contribution in [1.29, 1.82) is 0 Å². The van der Waals surface area contributed by atoms with E-state index in [1.165, 1.54) is 23.4 Å². The molecule has 2 aromatic rings. The topological polar surface area (TPSA) is 58.2 Å². The number of amides is 2. The minimum atomic E-state index is -0.548. The number of carbonyl (C=O) groups excluding carboxylic acids is 2. The molecule has 3 rings (SSSR count). The first-order valence-electron chi connectivity index (χ1n) is 9.52. The van der Waals surface area contributed by atoms with Gasteiger partial charge in [0.2, 0.25) is 11.8 Å². The van der Waals surface area contributed by atoms with Crippen molar-refractivity contribution in [3.05, 3.63) is 71.5 Å². The van der Waals surface area contributed by atoms with E-state index in [0.29, 0.717) is 17.7 Å². The third-order valence-electron chi connectivity index (χ3n) is 4.85. The Morgan fingerprint density at radius 1 is 1.21 bits per heavy atom. The molecule has 4 nitrogen and oxygen atoms in total. The number of hydrogen-bond acceptors (Lipinski definition) is 3. The molecule has 1 saturated heterocycles. The summed E-state index contributed by atoms with van der Waals surface area (Å²) < 4.78 is 13.8. The van der Waals surface area contributed by atoms with Crippen LogP contribution in [0.2, 0.25) is 0 Å². The summed E-state index contributed by atoms with van der Waals surface area (Å²) in [5.41, 5.74) is 1.76. The van der Waals surface area contributed by atoms with Gasteiger partial charge in [0.1, 0.15) is 11.9 Å². The first-order valence-corrected chi connectivity index (χ1v) is 10.6. The highest BCUT2D eigenvalue weighted by molar-refractivity contribution is 8.00. The Morgan fingerprint density at radius 2 is 1.93 bits per heavy atom. The molecular formula is C22H25FN2O2S. The van der Waals surface area contributed by atoms with Gasteiger partial charge >= 0.3 is 0 Å². The molecule has 2 aromatic carbocycles. The maximum atomic E-state index is 13.8. The normalized spacial score (nSPS) is 20.3. The fourth-order valence-corrected chi connectivity index (χ4v) is 4.37. The summed E-state index contributed by atoms with van der Waals surface area (Å²) in [6.07, 6.45) is 2.04. The van der Waals surface area contributed by atoms with E-state index in [9.17, 15) is 14.0 Å². The Labute approximate surface area is 169 Å². The van der Waals surface area contributed by atoms with Gasteiger partial charge < -0.3 is 10.6 Å². The van der Waals surface area contributed by atoms with Crippen LogP contribution in [0.15, 0.2) is 54.6 Å². The Balaban J connectivity index is 1.46. The van der Waals surface area contributed by atoms with E-state index in [1.807, 2.05) is 25.1 Å². The number of rotatable bonds is 7. The van der Waals surface area contributed by atoms with Crippen molar-refractivity contribution in [3.8, 4) is 0 Å². The highest BCUT2D eigenvalue weighted by Crippen LogP contribution is 2.23. The number of carbonyl (C=O) groups is 2. The van der Waals surface area contributed by atoms with E-state index in [0.717, 1.165) is 12.8 Å². The lowest BCUT2D eigenvalue weighted by molar-refractivity contribution is -0.129. The van der Waals surface area contributed by atoms with E-state index in [2.05, 4.69) is 22.8 Å². The lowest BCUT2D eigenvalue weighted by atomic mass is 10.1. The summed E-state index contributed by atoms with van der Waals surface area (Å²) in [5, 5.41) is 5.40. The maximum Gasteiger partial charge on any atom is 0.243 e. The van der Waals surface area contributed by atoms with Gasteiger partial charge in [0.05, 0.1) is 5.25 Å². The molecule has 2 amide bonds. The van der Waals surface area contributed by atoms with Crippen LogP contribution in [0, 0.1) is 5.82 Å².